The van der Waals surface area contributed by atoms with Gasteiger partial charge in [0.2, 0.25) is 5.91 Å². The van der Waals surface area contributed by atoms with Crippen LogP contribution in [0.15, 0.2) is 54.6 Å². The van der Waals surface area contributed by atoms with Crippen LogP contribution in [0.3, 0.4) is 0 Å². The van der Waals surface area contributed by atoms with Gasteiger partial charge in [-0.1, -0.05) is 41.9 Å². The predicted octanol–water partition coefficient (Wildman–Crippen LogP) is 3.85. The monoisotopic (exact) mass is 370 g/mol. The SMILES string of the molecule is NC(CC(=O)N1CCC(C(=O)c2ccc(Cl)cc2)CC1)c1ccccc1. The second-order valence-corrected chi connectivity index (χ2v) is 7.18. The zero-order chi connectivity index (χ0) is 18.5. The summed E-state index contributed by atoms with van der Waals surface area (Å²) in [6.07, 6.45) is 1.67. The van der Waals surface area contributed by atoms with Gasteiger partial charge in [-0.05, 0) is 42.7 Å². The standard InChI is InChI=1S/C21H23ClN2O2/c22-18-8-6-16(7-9-18)21(26)17-10-12-24(13-11-17)20(25)14-19(23)15-4-2-1-3-5-15/h1-9,17,19H,10-14,23H2. The number of Topliss-reactive ketones (excluding diaryl/α,β-unsaturated/α-hetero) is 1. The van der Waals surface area contributed by atoms with Crippen molar-refractivity contribution in [2.24, 2.45) is 11.7 Å². The van der Waals surface area contributed by atoms with E-state index in [1.54, 1.807) is 24.3 Å². The number of amides is 1. The molecule has 136 valence electrons. The summed E-state index contributed by atoms with van der Waals surface area (Å²) < 4.78 is 0. The third-order valence-corrected chi connectivity index (χ3v) is 5.22. The average Bonchev–Trinajstić information content (AvgIpc) is 2.69. The number of carbonyl (C=O) groups is 2. The molecule has 2 aromatic carbocycles. The van der Waals surface area contributed by atoms with Gasteiger partial charge in [0, 0.05) is 42.1 Å². The Morgan fingerprint density at radius 1 is 1.04 bits per heavy atom. The van der Waals surface area contributed by atoms with Crippen molar-refractivity contribution in [3.8, 4) is 0 Å². The summed E-state index contributed by atoms with van der Waals surface area (Å²) in [4.78, 5) is 26.9. The number of likely N-dealkylation sites (tertiary alicyclic amines) is 1. The van der Waals surface area contributed by atoms with Gasteiger partial charge in [0.1, 0.15) is 0 Å². The molecule has 2 aromatic rings. The number of halogens is 1. The molecule has 0 aromatic heterocycles. The Labute approximate surface area is 158 Å². The summed E-state index contributed by atoms with van der Waals surface area (Å²) in [6, 6.07) is 16.4. The second-order valence-electron chi connectivity index (χ2n) is 6.75. The third-order valence-electron chi connectivity index (χ3n) is 4.97. The number of carbonyl (C=O) groups excluding carboxylic acids is 2. The van der Waals surface area contributed by atoms with E-state index in [0.717, 1.165) is 5.56 Å². The summed E-state index contributed by atoms with van der Waals surface area (Å²) in [5, 5.41) is 0.622. The van der Waals surface area contributed by atoms with E-state index in [-0.39, 0.29) is 23.7 Å². The van der Waals surface area contributed by atoms with E-state index in [1.165, 1.54) is 0 Å². The molecule has 3 rings (SSSR count). The Hall–Kier alpha value is -2.17. The Morgan fingerprint density at radius 2 is 1.65 bits per heavy atom. The Balaban J connectivity index is 1.52. The number of ketones is 1. The molecule has 1 atom stereocenters. The van der Waals surface area contributed by atoms with Crippen LogP contribution in [0.5, 0.6) is 0 Å². The number of hydrogen-bond acceptors (Lipinski definition) is 3. The fraction of sp³-hybridized carbons (Fsp3) is 0.333. The molecule has 0 saturated carbocycles. The van der Waals surface area contributed by atoms with Gasteiger partial charge in [0.15, 0.2) is 5.78 Å². The molecule has 1 aliphatic heterocycles. The van der Waals surface area contributed by atoms with Crippen molar-refractivity contribution in [1.29, 1.82) is 0 Å². The summed E-state index contributed by atoms with van der Waals surface area (Å²) in [5.41, 5.74) is 7.81. The van der Waals surface area contributed by atoms with Crippen molar-refractivity contribution in [3.05, 3.63) is 70.7 Å². The molecule has 2 N–H and O–H groups in total. The molecule has 1 amide bonds. The van der Waals surface area contributed by atoms with Crippen molar-refractivity contribution in [1.82, 2.24) is 4.90 Å². The van der Waals surface area contributed by atoms with Crippen LogP contribution in [-0.4, -0.2) is 29.7 Å². The van der Waals surface area contributed by atoms with E-state index in [1.807, 2.05) is 35.2 Å². The Morgan fingerprint density at radius 3 is 2.27 bits per heavy atom. The van der Waals surface area contributed by atoms with Crippen LogP contribution in [0, 0.1) is 5.92 Å². The lowest BCUT2D eigenvalue weighted by molar-refractivity contribution is -0.132. The highest BCUT2D eigenvalue weighted by Gasteiger charge is 2.28. The maximum absolute atomic E-state index is 12.6. The Bertz CT molecular complexity index is 753. The van der Waals surface area contributed by atoms with Crippen molar-refractivity contribution in [2.45, 2.75) is 25.3 Å². The van der Waals surface area contributed by atoms with Crippen molar-refractivity contribution in [3.63, 3.8) is 0 Å². The maximum Gasteiger partial charge on any atom is 0.224 e. The highest BCUT2D eigenvalue weighted by molar-refractivity contribution is 6.30. The van der Waals surface area contributed by atoms with E-state index < -0.39 is 0 Å². The highest BCUT2D eigenvalue weighted by atomic mass is 35.5. The van der Waals surface area contributed by atoms with Gasteiger partial charge in [-0.15, -0.1) is 0 Å². The van der Waals surface area contributed by atoms with E-state index in [4.69, 9.17) is 17.3 Å². The van der Waals surface area contributed by atoms with Gasteiger partial charge in [-0.2, -0.15) is 0 Å². The van der Waals surface area contributed by atoms with Gasteiger partial charge in [0.05, 0.1) is 0 Å². The van der Waals surface area contributed by atoms with Gasteiger partial charge in [0.25, 0.3) is 0 Å². The first-order chi connectivity index (χ1) is 12.5. The first kappa shape index (κ1) is 18.6. The minimum absolute atomic E-state index is 0.0389. The Kier molecular flexibility index (Phi) is 6.07. The fourth-order valence-electron chi connectivity index (χ4n) is 3.38. The molecule has 1 aliphatic rings. The number of nitrogens with zero attached hydrogens (tertiary/aromatic N) is 1. The molecule has 0 spiro atoms. The second kappa shape index (κ2) is 8.47. The number of hydrogen-bond donors (Lipinski definition) is 1. The number of rotatable bonds is 5. The third kappa shape index (κ3) is 4.51. The first-order valence-electron chi connectivity index (χ1n) is 8.92. The first-order valence-corrected chi connectivity index (χ1v) is 9.30. The van der Waals surface area contributed by atoms with Crippen LogP contribution >= 0.6 is 11.6 Å². The maximum atomic E-state index is 12.6. The number of benzene rings is 2. The zero-order valence-electron chi connectivity index (χ0n) is 14.6. The molecule has 0 aliphatic carbocycles. The van der Waals surface area contributed by atoms with E-state index in [2.05, 4.69) is 0 Å². The summed E-state index contributed by atoms with van der Waals surface area (Å²) >= 11 is 5.88. The molecule has 5 heteroatoms. The molecule has 0 radical (unpaired) electrons. The molecule has 0 bridgehead atoms. The van der Waals surface area contributed by atoms with Crippen LogP contribution in [0.1, 0.15) is 41.2 Å². The van der Waals surface area contributed by atoms with E-state index in [0.29, 0.717) is 42.9 Å². The topological polar surface area (TPSA) is 63.4 Å². The molecule has 4 nitrogen and oxygen atoms in total. The van der Waals surface area contributed by atoms with Crippen LogP contribution in [0.25, 0.3) is 0 Å². The van der Waals surface area contributed by atoms with Crippen molar-refractivity contribution >= 4 is 23.3 Å². The molecule has 1 heterocycles. The smallest absolute Gasteiger partial charge is 0.224 e. The average molecular weight is 371 g/mol. The lowest BCUT2D eigenvalue weighted by atomic mass is 9.88. The minimum Gasteiger partial charge on any atom is -0.343 e. The van der Waals surface area contributed by atoms with E-state index in [9.17, 15) is 9.59 Å². The summed E-state index contributed by atoms with van der Waals surface area (Å²) in [6.45, 7) is 1.20. The molecule has 26 heavy (non-hydrogen) atoms. The van der Waals surface area contributed by atoms with Crippen LogP contribution < -0.4 is 5.73 Å². The lowest BCUT2D eigenvalue weighted by Crippen LogP contribution is -2.41. The van der Waals surface area contributed by atoms with Gasteiger partial charge >= 0.3 is 0 Å². The van der Waals surface area contributed by atoms with Gasteiger partial charge in [-0.3, -0.25) is 9.59 Å². The van der Waals surface area contributed by atoms with Crippen molar-refractivity contribution < 1.29 is 9.59 Å². The lowest BCUT2D eigenvalue weighted by Gasteiger charge is -2.32. The predicted molar refractivity (Wildman–Crippen MR) is 103 cm³/mol. The highest BCUT2D eigenvalue weighted by Crippen LogP contribution is 2.24. The summed E-state index contributed by atoms with van der Waals surface area (Å²) in [5.74, 6) is 0.150. The van der Waals surface area contributed by atoms with Crippen LogP contribution in [-0.2, 0) is 4.79 Å². The number of piperidine rings is 1. The van der Waals surface area contributed by atoms with Crippen LogP contribution in [0.2, 0.25) is 5.02 Å². The van der Waals surface area contributed by atoms with E-state index >= 15 is 0 Å². The van der Waals surface area contributed by atoms with Gasteiger partial charge < -0.3 is 10.6 Å². The molecule has 1 unspecified atom stereocenters. The molecular formula is C21H23ClN2O2. The fourth-order valence-corrected chi connectivity index (χ4v) is 3.50. The quantitative estimate of drug-likeness (QED) is 0.813. The van der Waals surface area contributed by atoms with Crippen molar-refractivity contribution in [2.75, 3.05) is 13.1 Å². The molecule has 1 saturated heterocycles. The molecule has 1 fully saturated rings. The zero-order valence-corrected chi connectivity index (χ0v) is 15.4. The van der Waals surface area contributed by atoms with Crippen LogP contribution in [0.4, 0.5) is 0 Å². The summed E-state index contributed by atoms with van der Waals surface area (Å²) in [7, 11) is 0. The largest absolute Gasteiger partial charge is 0.343 e. The van der Waals surface area contributed by atoms with Gasteiger partial charge in [-0.25, -0.2) is 0 Å². The number of nitrogens with two attached hydrogens (primary N) is 1. The molecular weight excluding hydrogens is 348 g/mol. The minimum atomic E-state index is -0.294. The normalized spacial score (nSPS) is 16.3.